The first kappa shape index (κ1) is 20.7. The molecule has 0 saturated carbocycles. The van der Waals surface area contributed by atoms with E-state index in [1.165, 1.54) is 30.3 Å². The molecule has 1 aliphatic heterocycles. The van der Waals surface area contributed by atoms with Gasteiger partial charge in [-0.1, -0.05) is 0 Å². The van der Waals surface area contributed by atoms with E-state index in [0.717, 1.165) is 31.5 Å². The molecule has 0 radical (unpaired) electrons. The molecule has 0 bridgehead atoms. The summed E-state index contributed by atoms with van der Waals surface area (Å²) in [5, 5.41) is 7.18. The zero-order valence-corrected chi connectivity index (χ0v) is 17.5. The van der Waals surface area contributed by atoms with Gasteiger partial charge in [-0.15, -0.1) is 0 Å². The van der Waals surface area contributed by atoms with E-state index in [2.05, 4.69) is 30.3 Å². The lowest BCUT2D eigenvalue weighted by Gasteiger charge is -2.26. The van der Waals surface area contributed by atoms with Crippen molar-refractivity contribution in [3.63, 3.8) is 0 Å². The Morgan fingerprint density at radius 2 is 1.87 bits per heavy atom. The van der Waals surface area contributed by atoms with Crippen molar-refractivity contribution in [2.45, 2.75) is 25.8 Å². The summed E-state index contributed by atoms with van der Waals surface area (Å²) >= 11 is 0. The number of nitrogens with one attached hydrogen (secondary N) is 1. The van der Waals surface area contributed by atoms with E-state index in [0.29, 0.717) is 23.2 Å². The van der Waals surface area contributed by atoms with Crippen LogP contribution in [0.15, 0.2) is 30.3 Å². The third-order valence-corrected chi connectivity index (χ3v) is 5.13. The highest BCUT2D eigenvalue weighted by molar-refractivity contribution is 5.93. The first-order chi connectivity index (χ1) is 15.0. The topological polar surface area (TPSA) is 98.1 Å². The summed E-state index contributed by atoms with van der Waals surface area (Å²) in [6.07, 6.45) is 3.39. The number of hydrogen-bond acceptors (Lipinski definition) is 7. The number of halogens is 1. The molecule has 3 heterocycles. The third-order valence-electron chi connectivity index (χ3n) is 5.13. The number of benzene rings is 1. The van der Waals surface area contributed by atoms with Gasteiger partial charge in [0.1, 0.15) is 11.5 Å². The Balaban J connectivity index is 1.48. The average Bonchev–Trinajstić information content (AvgIpc) is 3.20. The van der Waals surface area contributed by atoms with E-state index >= 15 is 0 Å². The Morgan fingerprint density at radius 3 is 2.58 bits per heavy atom. The molecular formula is C21H24FN7O2. The number of carbonyl (C=O) groups excluding carboxylic acids is 1. The summed E-state index contributed by atoms with van der Waals surface area (Å²) in [5.74, 6) is 0.341. The van der Waals surface area contributed by atoms with Gasteiger partial charge in [0.25, 0.3) is 5.91 Å². The summed E-state index contributed by atoms with van der Waals surface area (Å²) < 4.78 is 19.9. The van der Waals surface area contributed by atoms with Crippen LogP contribution >= 0.6 is 0 Å². The summed E-state index contributed by atoms with van der Waals surface area (Å²) in [7, 11) is 3.19. The van der Waals surface area contributed by atoms with Crippen molar-refractivity contribution in [2.24, 2.45) is 7.05 Å². The molecule has 162 valence electrons. The summed E-state index contributed by atoms with van der Waals surface area (Å²) in [6.45, 7) is 1.90. The second-order valence-corrected chi connectivity index (χ2v) is 7.31. The van der Waals surface area contributed by atoms with Crippen molar-refractivity contribution in [2.75, 3.05) is 25.1 Å². The van der Waals surface area contributed by atoms with Gasteiger partial charge < -0.3 is 15.0 Å². The Hall–Kier alpha value is -3.56. The number of amides is 1. The molecule has 1 aromatic carbocycles. The zero-order valence-electron chi connectivity index (χ0n) is 17.5. The number of anilines is 1. The molecule has 9 nitrogen and oxygen atoms in total. The van der Waals surface area contributed by atoms with Gasteiger partial charge in [0.2, 0.25) is 5.95 Å². The highest BCUT2D eigenvalue weighted by Crippen LogP contribution is 2.20. The van der Waals surface area contributed by atoms with E-state index in [4.69, 9.17) is 4.74 Å². The molecule has 1 aliphatic rings. The van der Waals surface area contributed by atoms with E-state index in [9.17, 15) is 9.18 Å². The van der Waals surface area contributed by atoms with Crippen LogP contribution < -0.4 is 15.0 Å². The number of aromatic nitrogens is 5. The number of aryl methyl sites for hydroxylation is 1. The molecule has 4 rings (SSSR count). The molecule has 1 saturated heterocycles. The highest BCUT2D eigenvalue weighted by Gasteiger charge is 2.18. The monoisotopic (exact) mass is 425 g/mol. The van der Waals surface area contributed by atoms with Crippen molar-refractivity contribution in [3.05, 3.63) is 47.7 Å². The predicted octanol–water partition coefficient (Wildman–Crippen LogP) is 2.34. The average molecular weight is 425 g/mol. The second kappa shape index (κ2) is 9.07. The fraction of sp³-hybridized carbons (Fsp3) is 0.381. The van der Waals surface area contributed by atoms with Crippen LogP contribution in [0.2, 0.25) is 0 Å². The molecule has 1 fully saturated rings. The first-order valence-corrected chi connectivity index (χ1v) is 10.2. The minimum Gasteiger partial charge on any atom is -0.467 e. The molecule has 1 amide bonds. The molecule has 2 aromatic heterocycles. The van der Waals surface area contributed by atoms with Crippen LogP contribution in [0, 0.1) is 5.82 Å². The zero-order chi connectivity index (χ0) is 21.8. The molecule has 0 unspecified atom stereocenters. The Morgan fingerprint density at radius 1 is 1.13 bits per heavy atom. The largest absolute Gasteiger partial charge is 0.467 e. The van der Waals surface area contributed by atoms with Gasteiger partial charge in [-0.2, -0.15) is 20.1 Å². The molecular weight excluding hydrogens is 401 g/mol. The summed E-state index contributed by atoms with van der Waals surface area (Å²) in [4.78, 5) is 27.9. The number of carbonyl (C=O) groups is 1. The minimum absolute atomic E-state index is 0.121. The summed E-state index contributed by atoms with van der Waals surface area (Å²) in [5.41, 5.74) is 1.68. The van der Waals surface area contributed by atoms with Crippen LogP contribution in [-0.4, -0.2) is 50.8 Å². The lowest BCUT2D eigenvalue weighted by Crippen LogP contribution is -2.32. The van der Waals surface area contributed by atoms with Crippen molar-refractivity contribution in [1.82, 2.24) is 30.0 Å². The van der Waals surface area contributed by atoms with E-state index in [1.807, 2.05) is 0 Å². The smallest absolute Gasteiger partial charge is 0.321 e. The number of ether oxygens (including phenoxy) is 1. The van der Waals surface area contributed by atoms with Gasteiger partial charge in [-0.25, -0.2) is 4.39 Å². The molecule has 0 spiro atoms. The van der Waals surface area contributed by atoms with Gasteiger partial charge in [0, 0.05) is 25.7 Å². The Bertz CT molecular complexity index is 1060. The van der Waals surface area contributed by atoms with Crippen LogP contribution in [0.1, 0.15) is 35.6 Å². The predicted molar refractivity (Wildman–Crippen MR) is 112 cm³/mol. The number of methoxy groups -OCH3 is 1. The highest BCUT2D eigenvalue weighted by atomic mass is 19.1. The van der Waals surface area contributed by atoms with Crippen molar-refractivity contribution < 1.29 is 13.9 Å². The van der Waals surface area contributed by atoms with Crippen LogP contribution in [0.4, 0.5) is 10.3 Å². The Labute approximate surface area is 179 Å². The molecule has 1 N–H and O–H groups in total. The maximum Gasteiger partial charge on any atom is 0.321 e. The van der Waals surface area contributed by atoms with Gasteiger partial charge in [0.05, 0.1) is 19.3 Å². The lowest BCUT2D eigenvalue weighted by atomic mass is 10.1. The molecule has 3 aromatic rings. The number of nitrogens with zero attached hydrogens (tertiary/aromatic N) is 6. The standard InChI is InChI=1S/C21H24FN7O2/c1-28-17(12-16(27-28)14-6-8-15(22)9-7-14)19(30)23-13-18-24-20(26-21(25-18)31-2)29-10-4-3-5-11-29/h6-9,12H,3-5,10-11,13H2,1-2H3,(H,23,30). The van der Waals surface area contributed by atoms with Crippen LogP contribution in [-0.2, 0) is 13.6 Å². The fourth-order valence-corrected chi connectivity index (χ4v) is 3.48. The quantitative estimate of drug-likeness (QED) is 0.647. The van der Waals surface area contributed by atoms with Crippen molar-refractivity contribution in [3.8, 4) is 17.3 Å². The normalized spacial score (nSPS) is 13.8. The van der Waals surface area contributed by atoms with E-state index in [-0.39, 0.29) is 24.3 Å². The van der Waals surface area contributed by atoms with Crippen LogP contribution in [0.5, 0.6) is 6.01 Å². The SMILES string of the molecule is COc1nc(CNC(=O)c2cc(-c3ccc(F)cc3)nn2C)nc(N2CCCCC2)n1. The van der Waals surface area contributed by atoms with Gasteiger partial charge in [0.15, 0.2) is 5.82 Å². The summed E-state index contributed by atoms with van der Waals surface area (Å²) in [6, 6.07) is 7.85. The third kappa shape index (κ3) is 4.79. The van der Waals surface area contributed by atoms with Gasteiger partial charge >= 0.3 is 6.01 Å². The molecule has 10 heteroatoms. The van der Waals surface area contributed by atoms with Gasteiger partial charge in [-0.05, 0) is 49.6 Å². The molecule has 0 aliphatic carbocycles. The van der Waals surface area contributed by atoms with Crippen LogP contribution in [0.3, 0.4) is 0 Å². The van der Waals surface area contributed by atoms with Crippen molar-refractivity contribution in [1.29, 1.82) is 0 Å². The Kier molecular flexibility index (Phi) is 6.06. The van der Waals surface area contributed by atoms with E-state index in [1.54, 1.807) is 25.2 Å². The number of hydrogen-bond donors (Lipinski definition) is 1. The lowest BCUT2D eigenvalue weighted by molar-refractivity contribution is 0.0940. The maximum absolute atomic E-state index is 13.2. The minimum atomic E-state index is -0.325. The second-order valence-electron chi connectivity index (χ2n) is 7.31. The van der Waals surface area contributed by atoms with E-state index < -0.39 is 0 Å². The molecule has 0 atom stereocenters. The molecule has 31 heavy (non-hydrogen) atoms. The van der Waals surface area contributed by atoms with Crippen molar-refractivity contribution >= 4 is 11.9 Å². The first-order valence-electron chi connectivity index (χ1n) is 10.2. The number of rotatable bonds is 6. The number of piperidine rings is 1. The van der Waals surface area contributed by atoms with Gasteiger partial charge in [-0.3, -0.25) is 9.48 Å². The fourth-order valence-electron chi connectivity index (χ4n) is 3.48. The maximum atomic E-state index is 13.2. The van der Waals surface area contributed by atoms with Crippen LogP contribution in [0.25, 0.3) is 11.3 Å².